The Morgan fingerprint density at radius 2 is 1.72 bits per heavy atom. The van der Waals surface area contributed by atoms with Crippen LogP contribution in [0.2, 0.25) is 0 Å². The second kappa shape index (κ2) is 6.52. The summed E-state index contributed by atoms with van der Waals surface area (Å²) in [5.41, 5.74) is 1.32. The molecule has 4 nitrogen and oxygen atoms in total. The summed E-state index contributed by atoms with van der Waals surface area (Å²) in [5.74, 6) is -0.366. The number of rotatable bonds is 5. The summed E-state index contributed by atoms with van der Waals surface area (Å²) in [5, 5.41) is 8.89. The molecule has 1 N–H and O–H groups in total. The third kappa shape index (κ3) is 5.80. The highest BCUT2D eigenvalue weighted by Gasteiger charge is 2.15. The van der Waals surface area contributed by atoms with Crippen LogP contribution in [-0.4, -0.2) is 23.3 Å². The average Bonchev–Trinajstić information content (AvgIpc) is 2.27. The Morgan fingerprint density at radius 1 is 1.17 bits per heavy atom. The van der Waals surface area contributed by atoms with Crippen molar-refractivity contribution in [3.05, 3.63) is 35.4 Å². The maximum atomic E-state index is 11.4. The zero-order chi connectivity index (χ0) is 13.6. The molecule has 0 spiro atoms. The van der Waals surface area contributed by atoms with E-state index in [-0.39, 0.29) is 19.2 Å². The summed E-state index contributed by atoms with van der Waals surface area (Å²) < 4.78 is 10.4. The monoisotopic (exact) mass is 252 g/mol. The van der Waals surface area contributed by atoms with Crippen LogP contribution in [0.15, 0.2) is 24.3 Å². The first-order valence-corrected chi connectivity index (χ1v) is 5.89. The van der Waals surface area contributed by atoms with Crippen molar-refractivity contribution in [2.75, 3.05) is 6.61 Å². The molecule has 0 fully saturated rings. The normalized spacial score (nSPS) is 11.3. The fourth-order valence-corrected chi connectivity index (χ4v) is 1.36. The standard InChI is InChI=1S/C14H20O4/c1-14(2,3)18-13(16)10-17-9-12-6-4-11(8-15)5-7-12/h4-7,15H,8-10H2,1-3H3. The molecule has 0 atom stereocenters. The van der Waals surface area contributed by atoms with Crippen molar-refractivity contribution in [3.63, 3.8) is 0 Å². The number of carbonyl (C=O) groups excluding carboxylic acids is 1. The van der Waals surface area contributed by atoms with Gasteiger partial charge in [-0.3, -0.25) is 0 Å². The quantitative estimate of drug-likeness (QED) is 0.815. The molecule has 0 bridgehead atoms. The maximum absolute atomic E-state index is 11.4. The van der Waals surface area contributed by atoms with Crippen LogP contribution in [0.25, 0.3) is 0 Å². The third-order valence-electron chi connectivity index (χ3n) is 2.11. The predicted octanol–water partition coefficient (Wildman–Crippen LogP) is 2.04. The molecule has 0 aliphatic rings. The first kappa shape index (κ1) is 14.7. The molecule has 0 heterocycles. The summed E-state index contributed by atoms with van der Waals surface area (Å²) in [7, 11) is 0. The lowest BCUT2D eigenvalue weighted by Crippen LogP contribution is -2.26. The van der Waals surface area contributed by atoms with Gasteiger partial charge in [0, 0.05) is 0 Å². The largest absolute Gasteiger partial charge is 0.458 e. The van der Waals surface area contributed by atoms with Crippen molar-refractivity contribution in [2.24, 2.45) is 0 Å². The molecule has 0 amide bonds. The number of aliphatic hydroxyl groups excluding tert-OH is 1. The van der Waals surface area contributed by atoms with E-state index in [0.29, 0.717) is 6.61 Å². The second-order valence-electron chi connectivity index (χ2n) is 5.05. The van der Waals surface area contributed by atoms with Crippen molar-refractivity contribution < 1.29 is 19.4 Å². The minimum Gasteiger partial charge on any atom is -0.458 e. The Bertz CT molecular complexity index is 376. The molecule has 0 aromatic heterocycles. The van der Waals surface area contributed by atoms with E-state index in [1.165, 1.54) is 0 Å². The van der Waals surface area contributed by atoms with Crippen LogP contribution in [0.3, 0.4) is 0 Å². The summed E-state index contributed by atoms with van der Waals surface area (Å²) in [6.07, 6.45) is 0. The summed E-state index contributed by atoms with van der Waals surface area (Å²) in [4.78, 5) is 11.4. The number of benzene rings is 1. The summed E-state index contributed by atoms with van der Waals surface area (Å²) in [6, 6.07) is 7.37. The van der Waals surface area contributed by atoms with E-state index >= 15 is 0 Å². The van der Waals surface area contributed by atoms with Crippen molar-refractivity contribution in [1.29, 1.82) is 0 Å². The van der Waals surface area contributed by atoms with Crippen molar-refractivity contribution in [3.8, 4) is 0 Å². The van der Waals surface area contributed by atoms with Crippen LogP contribution in [0.5, 0.6) is 0 Å². The first-order chi connectivity index (χ1) is 8.40. The predicted molar refractivity (Wildman–Crippen MR) is 67.9 cm³/mol. The molecule has 4 heteroatoms. The molecule has 0 radical (unpaired) electrons. The number of hydrogen-bond acceptors (Lipinski definition) is 4. The van der Waals surface area contributed by atoms with Crippen LogP contribution >= 0.6 is 0 Å². The Kier molecular flexibility index (Phi) is 5.31. The van der Waals surface area contributed by atoms with E-state index < -0.39 is 5.60 Å². The van der Waals surface area contributed by atoms with Gasteiger partial charge < -0.3 is 14.6 Å². The molecule has 1 aromatic rings. The molecule has 0 saturated heterocycles. The Labute approximate surface area is 108 Å². The van der Waals surface area contributed by atoms with Gasteiger partial charge >= 0.3 is 5.97 Å². The van der Waals surface area contributed by atoms with Gasteiger partial charge in [-0.15, -0.1) is 0 Å². The first-order valence-electron chi connectivity index (χ1n) is 5.89. The molecule has 0 saturated carbocycles. The zero-order valence-electron chi connectivity index (χ0n) is 11.1. The second-order valence-corrected chi connectivity index (χ2v) is 5.05. The number of aliphatic hydroxyl groups is 1. The van der Waals surface area contributed by atoms with E-state index in [9.17, 15) is 4.79 Å². The highest BCUT2D eigenvalue weighted by molar-refractivity contribution is 5.71. The Balaban J connectivity index is 2.30. The highest BCUT2D eigenvalue weighted by atomic mass is 16.6. The molecular formula is C14H20O4. The zero-order valence-corrected chi connectivity index (χ0v) is 11.1. The van der Waals surface area contributed by atoms with Crippen molar-refractivity contribution in [1.82, 2.24) is 0 Å². The fraction of sp³-hybridized carbons (Fsp3) is 0.500. The minimum atomic E-state index is -0.483. The molecule has 0 unspecified atom stereocenters. The van der Waals surface area contributed by atoms with Crippen LogP contribution in [-0.2, 0) is 27.5 Å². The fourth-order valence-electron chi connectivity index (χ4n) is 1.36. The number of hydrogen-bond donors (Lipinski definition) is 1. The van der Waals surface area contributed by atoms with Crippen molar-refractivity contribution in [2.45, 2.75) is 39.6 Å². The molecular weight excluding hydrogens is 232 g/mol. The molecule has 100 valence electrons. The lowest BCUT2D eigenvalue weighted by molar-refractivity contribution is -0.160. The third-order valence-corrected chi connectivity index (χ3v) is 2.11. The van der Waals surface area contributed by atoms with Gasteiger partial charge in [-0.2, -0.15) is 0 Å². The maximum Gasteiger partial charge on any atom is 0.332 e. The molecule has 0 aliphatic carbocycles. The van der Waals surface area contributed by atoms with E-state index in [4.69, 9.17) is 14.6 Å². The minimum absolute atomic E-state index is 0.0268. The van der Waals surface area contributed by atoms with Gasteiger partial charge in [-0.1, -0.05) is 24.3 Å². The number of carbonyl (C=O) groups is 1. The van der Waals surface area contributed by atoms with Gasteiger partial charge in [-0.05, 0) is 31.9 Å². The van der Waals surface area contributed by atoms with E-state index in [1.807, 2.05) is 45.0 Å². The van der Waals surface area contributed by atoms with Gasteiger partial charge in [0.1, 0.15) is 12.2 Å². The average molecular weight is 252 g/mol. The Hall–Kier alpha value is -1.39. The topological polar surface area (TPSA) is 55.8 Å². The van der Waals surface area contributed by atoms with Gasteiger partial charge in [0.05, 0.1) is 13.2 Å². The van der Waals surface area contributed by atoms with Crippen LogP contribution in [0.4, 0.5) is 0 Å². The number of ether oxygens (including phenoxy) is 2. The van der Waals surface area contributed by atoms with Crippen LogP contribution in [0, 0.1) is 0 Å². The van der Waals surface area contributed by atoms with Crippen LogP contribution in [0.1, 0.15) is 31.9 Å². The molecule has 18 heavy (non-hydrogen) atoms. The van der Waals surface area contributed by atoms with Gasteiger partial charge in [0.15, 0.2) is 0 Å². The van der Waals surface area contributed by atoms with E-state index in [2.05, 4.69) is 0 Å². The summed E-state index contributed by atoms with van der Waals surface area (Å²) in [6.45, 7) is 5.78. The van der Waals surface area contributed by atoms with Crippen molar-refractivity contribution >= 4 is 5.97 Å². The van der Waals surface area contributed by atoms with Gasteiger partial charge in [-0.25, -0.2) is 4.79 Å². The SMILES string of the molecule is CC(C)(C)OC(=O)COCc1ccc(CO)cc1. The lowest BCUT2D eigenvalue weighted by atomic mass is 10.1. The summed E-state index contributed by atoms with van der Waals surface area (Å²) >= 11 is 0. The molecule has 1 aromatic carbocycles. The van der Waals surface area contributed by atoms with Crippen LogP contribution < -0.4 is 0 Å². The van der Waals surface area contributed by atoms with Gasteiger partial charge in [0.25, 0.3) is 0 Å². The van der Waals surface area contributed by atoms with Gasteiger partial charge in [0.2, 0.25) is 0 Å². The number of esters is 1. The Morgan fingerprint density at radius 3 is 2.22 bits per heavy atom. The highest BCUT2D eigenvalue weighted by Crippen LogP contribution is 2.08. The lowest BCUT2D eigenvalue weighted by Gasteiger charge is -2.19. The van der Waals surface area contributed by atoms with E-state index in [1.54, 1.807) is 0 Å². The molecule has 1 rings (SSSR count). The smallest absolute Gasteiger partial charge is 0.332 e. The molecule has 0 aliphatic heterocycles. The van der Waals surface area contributed by atoms with E-state index in [0.717, 1.165) is 11.1 Å².